The Morgan fingerprint density at radius 2 is 0.818 bits per heavy atom. The summed E-state index contributed by atoms with van der Waals surface area (Å²) in [6.07, 6.45) is 0.0130. The van der Waals surface area contributed by atoms with E-state index in [4.69, 9.17) is 4.74 Å². The molecule has 294 valence electrons. The number of phenolic OH excluding ortho intramolecular Hbond substituents is 2. The number of rotatable bonds is 7. The number of carbonyl (C=O) groups excluding carboxylic acids is 6. The molecule has 5 N–H and O–H groups in total. The summed E-state index contributed by atoms with van der Waals surface area (Å²) in [5.41, 5.74) is 1.89. The fourth-order valence-electron chi connectivity index (χ4n) is 6.35. The first-order valence-electron chi connectivity index (χ1n) is 17.9. The molecular formula is C40H50N6O9. The number of nitrogens with one attached hydrogen (secondary N) is 3. The molecular weight excluding hydrogens is 708 g/mol. The predicted octanol–water partition coefficient (Wildman–Crippen LogP) is 1.14. The van der Waals surface area contributed by atoms with Gasteiger partial charge in [0.25, 0.3) is 0 Å². The van der Waals surface area contributed by atoms with Crippen molar-refractivity contribution in [2.75, 3.05) is 28.3 Å². The van der Waals surface area contributed by atoms with Gasteiger partial charge in [-0.05, 0) is 73.9 Å². The molecule has 55 heavy (non-hydrogen) atoms. The molecule has 0 aromatic heterocycles. The summed E-state index contributed by atoms with van der Waals surface area (Å²) in [4.78, 5) is 87.5. The number of phenols is 2. The van der Waals surface area contributed by atoms with Crippen LogP contribution in [0.5, 0.6) is 17.2 Å². The van der Waals surface area contributed by atoms with Crippen molar-refractivity contribution >= 4 is 35.4 Å². The molecule has 4 rings (SSSR count). The van der Waals surface area contributed by atoms with Crippen molar-refractivity contribution in [2.45, 2.75) is 76.3 Å². The lowest BCUT2D eigenvalue weighted by molar-refractivity contribution is -0.149. The molecule has 0 bridgehead atoms. The summed E-state index contributed by atoms with van der Waals surface area (Å²) < 4.78 is 5.25. The van der Waals surface area contributed by atoms with Gasteiger partial charge in [0.15, 0.2) is 0 Å². The second kappa shape index (κ2) is 18.3. The summed E-state index contributed by atoms with van der Waals surface area (Å²) in [5.74, 6) is -3.23. The molecule has 15 nitrogen and oxygen atoms in total. The first kappa shape index (κ1) is 41.6. The van der Waals surface area contributed by atoms with Crippen molar-refractivity contribution < 1.29 is 43.7 Å². The van der Waals surface area contributed by atoms with E-state index in [9.17, 15) is 39.0 Å². The molecule has 3 aromatic carbocycles. The number of hydrogen-bond acceptors (Lipinski definition) is 9. The van der Waals surface area contributed by atoms with Gasteiger partial charge in [-0.1, -0.05) is 36.4 Å². The summed E-state index contributed by atoms with van der Waals surface area (Å²) in [6, 6.07) is 12.2. The molecule has 0 aliphatic carbocycles. The van der Waals surface area contributed by atoms with Crippen molar-refractivity contribution in [1.29, 1.82) is 0 Å². The second-order valence-electron chi connectivity index (χ2n) is 13.9. The maximum absolute atomic E-state index is 14.5. The molecule has 1 saturated heterocycles. The standard InChI is InChI=1S/C40H50N6O9/c1-23-35(49)42-24(2)38(52)44(4)32(21-28-12-18-31(55-7)19-13-28)37(51)43-25(3)39(53)46(6)34(22-27-10-16-30(48)17-11-27)40(54)45(5)33(36(50)41-23)20-26-8-14-29(47)15-9-26/h8-19,23-25,32-34,47-48H,20-22H2,1-7H3,(H,41,50)(H,42,49)(H,43,51)/t23-,24-,25-,32-,33-,34-/m0/s1. The zero-order valence-corrected chi connectivity index (χ0v) is 32.1. The number of likely N-dealkylation sites (N-methyl/N-ethyl adjacent to an activating group) is 3. The topological polar surface area (TPSA) is 198 Å². The largest absolute Gasteiger partial charge is 0.508 e. The van der Waals surface area contributed by atoms with Gasteiger partial charge in [0.2, 0.25) is 35.4 Å². The monoisotopic (exact) mass is 758 g/mol. The molecule has 1 fully saturated rings. The van der Waals surface area contributed by atoms with E-state index in [2.05, 4.69) is 16.0 Å². The average molecular weight is 759 g/mol. The SMILES string of the molecule is COc1ccc(C[C@H]2C(=O)N[C@@H](C)C(=O)N(C)[C@@H](Cc3ccc(O)cc3)C(=O)N(C)[C@@H](Cc3ccc(O)cc3)C(=O)N[C@@H](C)C(=O)N[C@@H](C)C(=O)N2C)cc1. The van der Waals surface area contributed by atoms with Crippen molar-refractivity contribution in [2.24, 2.45) is 0 Å². The Morgan fingerprint density at radius 1 is 0.491 bits per heavy atom. The lowest BCUT2D eigenvalue weighted by Crippen LogP contribution is -2.61. The van der Waals surface area contributed by atoms with Gasteiger partial charge in [-0.3, -0.25) is 28.8 Å². The molecule has 0 unspecified atom stereocenters. The second-order valence-corrected chi connectivity index (χ2v) is 13.9. The Balaban J connectivity index is 1.77. The highest BCUT2D eigenvalue weighted by Crippen LogP contribution is 2.20. The van der Waals surface area contributed by atoms with Crippen molar-refractivity contribution in [1.82, 2.24) is 30.7 Å². The molecule has 15 heteroatoms. The zero-order valence-electron chi connectivity index (χ0n) is 32.1. The minimum atomic E-state index is -1.20. The molecule has 6 atom stereocenters. The number of hydrogen-bond donors (Lipinski definition) is 5. The van der Waals surface area contributed by atoms with E-state index >= 15 is 0 Å². The quantitative estimate of drug-likeness (QED) is 0.235. The van der Waals surface area contributed by atoms with Crippen LogP contribution in [0.25, 0.3) is 0 Å². The first-order chi connectivity index (χ1) is 26.0. The number of ether oxygens (including phenoxy) is 1. The predicted molar refractivity (Wildman–Crippen MR) is 203 cm³/mol. The van der Waals surface area contributed by atoms with Gasteiger partial charge in [0.05, 0.1) is 7.11 Å². The fourth-order valence-corrected chi connectivity index (χ4v) is 6.35. The lowest BCUT2D eigenvalue weighted by Gasteiger charge is -2.36. The number of carbonyl (C=O) groups is 6. The maximum Gasteiger partial charge on any atom is 0.246 e. The van der Waals surface area contributed by atoms with E-state index in [1.54, 1.807) is 48.5 Å². The van der Waals surface area contributed by atoms with E-state index in [0.29, 0.717) is 22.4 Å². The van der Waals surface area contributed by atoms with Crippen LogP contribution >= 0.6 is 0 Å². The maximum atomic E-state index is 14.5. The highest BCUT2D eigenvalue weighted by atomic mass is 16.5. The van der Waals surface area contributed by atoms with Gasteiger partial charge in [-0.15, -0.1) is 0 Å². The van der Waals surface area contributed by atoms with Crippen LogP contribution in [-0.2, 0) is 48.0 Å². The van der Waals surface area contributed by atoms with Gasteiger partial charge in [0, 0.05) is 40.4 Å². The first-order valence-corrected chi connectivity index (χ1v) is 17.9. The Hall–Kier alpha value is -6.12. The molecule has 1 aliphatic heterocycles. The van der Waals surface area contributed by atoms with E-state index in [1.807, 2.05) is 0 Å². The van der Waals surface area contributed by atoms with Crippen LogP contribution in [-0.4, -0.2) is 125 Å². The Bertz CT molecular complexity index is 1850. The average Bonchev–Trinajstić information content (AvgIpc) is 3.17. The van der Waals surface area contributed by atoms with Crippen LogP contribution in [0.1, 0.15) is 37.5 Å². The van der Waals surface area contributed by atoms with Gasteiger partial charge in [0.1, 0.15) is 53.5 Å². The van der Waals surface area contributed by atoms with Crippen LogP contribution in [0.15, 0.2) is 72.8 Å². The third kappa shape index (κ3) is 10.5. The molecule has 1 aliphatic rings. The zero-order chi connectivity index (χ0) is 40.6. The fraction of sp³-hybridized carbons (Fsp3) is 0.400. The number of aromatic hydroxyl groups is 2. The van der Waals surface area contributed by atoms with Gasteiger partial charge in [-0.2, -0.15) is 0 Å². The molecule has 0 radical (unpaired) electrons. The third-order valence-corrected chi connectivity index (χ3v) is 9.87. The van der Waals surface area contributed by atoms with E-state index < -0.39 is 71.7 Å². The Morgan fingerprint density at radius 3 is 1.24 bits per heavy atom. The highest BCUT2D eigenvalue weighted by Gasteiger charge is 2.39. The van der Waals surface area contributed by atoms with Crippen molar-refractivity contribution in [3.05, 3.63) is 89.5 Å². The Labute approximate surface area is 320 Å². The normalized spacial score (nSPS) is 23.7. The van der Waals surface area contributed by atoms with Crippen LogP contribution in [0.4, 0.5) is 0 Å². The van der Waals surface area contributed by atoms with Gasteiger partial charge >= 0.3 is 0 Å². The number of methoxy groups -OCH3 is 1. The van der Waals surface area contributed by atoms with Crippen molar-refractivity contribution in [3.8, 4) is 17.2 Å². The van der Waals surface area contributed by atoms with Crippen LogP contribution in [0.3, 0.4) is 0 Å². The number of benzene rings is 3. The van der Waals surface area contributed by atoms with E-state index in [-0.39, 0.29) is 30.8 Å². The number of amides is 6. The molecule has 1 heterocycles. The van der Waals surface area contributed by atoms with Crippen molar-refractivity contribution in [3.63, 3.8) is 0 Å². The Kier molecular flexibility index (Phi) is 13.8. The molecule has 0 saturated carbocycles. The summed E-state index contributed by atoms with van der Waals surface area (Å²) in [6.45, 7) is 4.37. The lowest BCUT2D eigenvalue weighted by atomic mass is 9.99. The third-order valence-electron chi connectivity index (χ3n) is 9.87. The minimum absolute atomic E-state index is 0.00324. The van der Waals surface area contributed by atoms with Crippen LogP contribution < -0.4 is 20.7 Å². The van der Waals surface area contributed by atoms with E-state index in [1.165, 1.54) is 88.0 Å². The summed E-state index contributed by atoms with van der Waals surface area (Å²) in [5, 5.41) is 27.8. The van der Waals surface area contributed by atoms with Gasteiger partial charge < -0.3 is 45.6 Å². The molecule has 6 amide bonds. The summed E-state index contributed by atoms with van der Waals surface area (Å²) >= 11 is 0. The van der Waals surface area contributed by atoms with E-state index in [0.717, 1.165) is 0 Å². The summed E-state index contributed by atoms with van der Waals surface area (Å²) in [7, 11) is 5.80. The van der Waals surface area contributed by atoms with Crippen LogP contribution in [0.2, 0.25) is 0 Å². The minimum Gasteiger partial charge on any atom is -0.508 e. The number of nitrogens with zero attached hydrogens (tertiary/aromatic N) is 3. The highest BCUT2D eigenvalue weighted by molar-refractivity contribution is 5.98. The smallest absolute Gasteiger partial charge is 0.246 e. The molecule has 3 aromatic rings. The van der Waals surface area contributed by atoms with Crippen LogP contribution in [0, 0.1) is 0 Å². The van der Waals surface area contributed by atoms with Gasteiger partial charge in [-0.25, -0.2) is 0 Å². The molecule has 0 spiro atoms.